The highest BCUT2D eigenvalue weighted by atomic mass is 32.2. The van der Waals surface area contributed by atoms with Crippen molar-refractivity contribution in [1.29, 1.82) is 0 Å². The van der Waals surface area contributed by atoms with Crippen LogP contribution in [0.2, 0.25) is 0 Å². The number of para-hydroxylation sites is 1. The monoisotopic (exact) mass is 417 g/mol. The van der Waals surface area contributed by atoms with Crippen LogP contribution in [0, 0.1) is 6.92 Å². The van der Waals surface area contributed by atoms with E-state index in [4.69, 9.17) is 4.42 Å². The van der Waals surface area contributed by atoms with Crippen LogP contribution in [0.25, 0.3) is 22.2 Å². The van der Waals surface area contributed by atoms with E-state index in [-0.39, 0.29) is 23.2 Å². The predicted octanol–water partition coefficient (Wildman–Crippen LogP) is 5.13. The summed E-state index contributed by atoms with van der Waals surface area (Å²) < 4.78 is 5.61. The molecule has 0 unspecified atom stereocenters. The van der Waals surface area contributed by atoms with Crippen molar-refractivity contribution in [3.8, 4) is 11.3 Å². The number of carbonyl (C=O) groups excluding carboxylic acids is 2. The zero-order chi connectivity index (χ0) is 21.1. The van der Waals surface area contributed by atoms with Gasteiger partial charge < -0.3 is 9.73 Å². The molecule has 4 rings (SSSR count). The fraction of sp³-hybridized carbons (Fsp3) is 0.130. The number of rotatable bonds is 6. The second-order valence-electron chi connectivity index (χ2n) is 6.74. The van der Waals surface area contributed by atoms with Crippen molar-refractivity contribution in [3.05, 3.63) is 72.1 Å². The first-order valence-electron chi connectivity index (χ1n) is 9.37. The molecular weight excluding hydrogens is 398 g/mol. The summed E-state index contributed by atoms with van der Waals surface area (Å²) in [6.45, 7) is 3.31. The number of aromatic nitrogens is 2. The highest BCUT2D eigenvalue weighted by molar-refractivity contribution is 7.99. The molecule has 0 aliphatic rings. The van der Waals surface area contributed by atoms with E-state index in [1.165, 1.54) is 18.7 Å². The van der Waals surface area contributed by atoms with Crippen LogP contribution in [0.4, 0.5) is 5.69 Å². The smallest absolute Gasteiger partial charge is 0.234 e. The van der Waals surface area contributed by atoms with E-state index in [2.05, 4.69) is 15.3 Å². The number of carbonyl (C=O) groups is 2. The molecule has 0 aliphatic carbocycles. The molecule has 0 atom stereocenters. The molecule has 30 heavy (non-hydrogen) atoms. The van der Waals surface area contributed by atoms with E-state index < -0.39 is 0 Å². The molecule has 6 nitrogen and oxygen atoms in total. The molecule has 2 heterocycles. The van der Waals surface area contributed by atoms with Crippen molar-refractivity contribution in [2.45, 2.75) is 19.0 Å². The molecule has 2 aromatic carbocycles. The fourth-order valence-electron chi connectivity index (χ4n) is 3.09. The van der Waals surface area contributed by atoms with E-state index in [9.17, 15) is 9.59 Å². The van der Waals surface area contributed by atoms with Gasteiger partial charge in [0, 0.05) is 23.6 Å². The summed E-state index contributed by atoms with van der Waals surface area (Å²) in [7, 11) is 0. The van der Waals surface area contributed by atoms with Crippen molar-refractivity contribution in [2.24, 2.45) is 0 Å². The molecule has 1 N–H and O–H groups in total. The Morgan fingerprint density at radius 1 is 1.03 bits per heavy atom. The Morgan fingerprint density at radius 3 is 2.53 bits per heavy atom. The molecule has 0 saturated heterocycles. The molecule has 4 aromatic rings. The number of hydrogen-bond donors (Lipinski definition) is 1. The van der Waals surface area contributed by atoms with E-state index in [0.717, 1.165) is 17.0 Å². The Bertz CT molecular complexity index is 1240. The van der Waals surface area contributed by atoms with Gasteiger partial charge in [0.2, 0.25) is 5.91 Å². The van der Waals surface area contributed by atoms with Gasteiger partial charge in [-0.3, -0.25) is 9.59 Å². The molecule has 0 fully saturated rings. The summed E-state index contributed by atoms with van der Waals surface area (Å²) in [4.78, 5) is 33.5. The number of thioether (sulfide) groups is 1. The van der Waals surface area contributed by atoms with Gasteiger partial charge in [0.05, 0.1) is 17.1 Å². The van der Waals surface area contributed by atoms with E-state index in [1.54, 1.807) is 6.07 Å². The number of anilines is 1. The van der Waals surface area contributed by atoms with Crippen molar-refractivity contribution >= 4 is 40.1 Å². The van der Waals surface area contributed by atoms with Gasteiger partial charge >= 0.3 is 0 Å². The van der Waals surface area contributed by atoms with Crippen LogP contribution in [0.1, 0.15) is 23.2 Å². The Balaban J connectivity index is 1.51. The van der Waals surface area contributed by atoms with Gasteiger partial charge in [0.25, 0.3) is 0 Å². The number of aryl methyl sites for hydroxylation is 1. The minimum atomic E-state index is -0.263. The van der Waals surface area contributed by atoms with Crippen molar-refractivity contribution in [1.82, 2.24) is 9.97 Å². The first-order valence-corrected chi connectivity index (χ1v) is 10.4. The molecule has 2 aromatic heterocycles. The van der Waals surface area contributed by atoms with Crippen LogP contribution in [0.3, 0.4) is 0 Å². The minimum absolute atomic E-state index is 0.106. The number of benzene rings is 2. The highest BCUT2D eigenvalue weighted by Crippen LogP contribution is 2.31. The van der Waals surface area contributed by atoms with Crippen LogP contribution in [0.5, 0.6) is 0 Å². The lowest BCUT2D eigenvalue weighted by atomic mass is 10.1. The number of nitrogens with one attached hydrogen (secondary N) is 1. The first kappa shape index (κ1) is 19.8. The summed E-state index contributed by atoms with van der Waals surface area (Å²) in [5.41, 5.74) is 3.58. The molecule has 0 bridgehead atoms. The van der Waals surface area contributed by atoms with E-state index >= 15 is 0 Å². The fourth-order valence-corrected chi connectivity index (χ4v) is 3.79. The largest absolute Gasteiger partial charge is 0.451 e. The highest BCUT2D eigenvalue weighted by Gasteiger charge is 2.19. The number of amides is 1. The van der Waals surface area contributed by atoms with Gasteiger partial charge in [0.15, 0.2) is 16.7 Å². The van der Waals surface area contributed by atoms with Crippen molar-refractivity contribution in [2.75, 3.05) is 11.1 Å². The average Bonchev–Trinajstić information content (AvgIpc) is 3.11. The maximum absolute atomic E-state index is 12.6. The Labute approximate surface area is 177 Å². The Morgan fingerprint density at radius 2 is 1.77 bits per heavy atom. The zero-order valence-electron chi connectivity index (χ0n) is 16.5. The molecule has 0 saturated carbocycles. The lowest BCUT2D eigenvalue weighted by Crippen LogP contribution is -2.15. The van der Waals surface area contributed by atoms with Gasteiger partial charge in [-0.15, -0.1) is 0 Å². The Kier molecular flexibility index (Phi) is 5.63. The second kappa shape index (κ2) is 8.51. The summed E-state index contributed by atoms with van der Waals surface area (Å²) in [5.74, 6) is -0.258. The van der Waals surface area contributed by atoms with Crippen LogP contribution in [0.15, 0.2) is 70.2 Å². The minimum Gasteiger partial charge on any atom is -0.451 e. The molecule has 150 valence electrons. The van der Waals surface area contributed by atoms with Crippen LogP contribution in [-0.2, 0) is 4.79 Å². The molecule has 0 aliphatic heterocycles. The van der Waals surface area contributed by atoms with Gasteiger partial charge in [-0.05, 0) is 25.1 Å². The summed E-state index contributed by atoms with van der Waals surface area (Å²) in [6, 6.07) is 19.0. The van der Waals surface area contributed by atoms with E-state index in [0.29, 0.717) is 21.8 Å². The number of furan rings is 1. The quantitative estimate of drug-likeness (QED) is 0.266. The van der Waals surface area contributed by atoms with E-state index in [1.807, 2.05) is 61.5 Å². The van der Waals surface area contributed by atoms with Gasteiger partial charge in [-0.2, -0.15) is 0 Å². The third-order valence-corrected chi connectivity index (χ3v) is 5.26. The van der Waals surface area contributed by atoms with Crippen molar-refractivity contribution < 1.29 is 14.0 Å². The Hall–Kier alpha value is -3.45. The molecular formula is C23H19N3O3S. The third kappa shape index (κ3) is 4.26. The average molecular weight is 417 g/mol. The number of hydrogen-bond acceptors (Lipinski definition) is 6. The lowest BCUT2D eigenvalue weighted by Gasteiger charge is -2.07. The van der Waals surface area contributed by atoms with Crippen LogP contribution >= 0.6 is 11.8 Å². The van der Waals surface area contributed by atoms with Crippen LogP contribution in [-0.4, -0.2) is 27.4 Å². The maximum atomic E-state index is 12.6. The summed E-state index contributed by atoms with van der Waals surface area (Å²) in [5, 5.41) is 4.03. The SMILES string of the molecule is CC(=O)c1oc2ccccc2c1NC(=O)CSc1nc(C)cc(-c2ccccc2)n1. The topological polar surface area (TPSA) is 85.1 Å². The molecule has 0 spiro atoms. The standard InChI is InChI=1S/C23H19N3O3S/c1-14-12-18(16-8-4-3-5-9-16)25-23(24-14)30-13-20(28)26-21-17-10-6-7-11-19(17)29-22(21)15(2)27/h3-12H,13H2,1-2H3,(H,26,28). The van der Waals surface area contributed by atoms with Crippen LogP contribution < -0.4 is 5.32 Å². The van der Waals surface area contributed by atoms with Crippen molar-refractivity contribution in [3.63, 3.8) is 0 Å². The third-order valence-electron chi connectivity index (χ3n) is 4.42. The maximum Gasteiger partial charge on any atom is 0.234 e. The molecule has 0 radical (unpaired) electrons. The predicted molar refractivity (Wildman–Crippen MR) is 118 cm³/mol. The number of ketones is 1. The van der Waals surface area contributed by atoms with Gasteiger partial charge in [0.1, 0.15) is 5.58 Å². The number of fused-ring (bicyclic) bond motifs is 1. The lowest BCUT2D eigenvalue weighted by molar-refractivity contribution is -0.113. The number of Topliss-reactive ketones (excluding diaryl/α,β-unsaturated/α-hetero) is 1. The number of nitrogens with zero attached hydrogens (tertiary/aromatic N) is 2. The normalized spacial score (nSPS) is 10.9. The zero-order valence-corrected chi connectivity index (χ0v) is 17.3. The summed E-state index contributed by atoms with van der Waals surface area (Å²) >= 11 is 1.24. The molecule has 1 amide bonds. The summed E-state index contributed by atoms with van der Waals surface area (Å²) in [6.07, 6.45) is 0. The second-order valence-corrected chi connectivity index (χ2v) is 7.68. The molecule has 7 heteroatoms. The van der Waals surface area contributed by atoms with Gasteiger partial charge in [-0.25, -0.2) is 9.97 Å². The first-order chi connectivity index (χ1) is 14.5. The van der Waals surface area contributed by atoms with Gasteiger partial charge in [-0.1, -0.05) is 54.2 Å².